The lowest BCUT2D eigenvalue weighted by molar-refractivity contribution is 0.0761. The van der Waals surface area contributed by atoms with Gasteiger partial charge in [-0.05, 0) is 0 Å². The predicted octanol–water partition coefficient (Wildman–Crippen LogP) is 0.809. The van der Waals surface area contributed by atoms with Crippen LogP contribution in [0, 0.1) is 11.3 Å². The molecule has 18 heavy (non-hydrogen) atoms. The van der Waals surface area contributed by atoms with E-state index in [4.69, 9.17) is 10.00 Å². The van der Waals surface area contributed by atoms with Crippen molar-refractivity contribution in [3.05, 3.63) is 11.9 Å². The van der Waals surface area contributed by atoms with E-state index >= 15 is 0 Å². The van der Waals surface area contributed by atoms with Crippen molar-refractivity contribution in [2.75, 3.05) is 37.0 Å². The summed E-state index contributed by atoms with van der Waals surface area (Å²) >= 11 is 0. The van der Waals surface area contributed by atoms with Crippen molar-refractivity contribution in [3.8, 4) is 6.07 Å². The zero-order valence-corrected chi connectivity index (χ0v) is 10.7. The average Bonchev–Trinajstić information content (AvgIpc) is 2.46. The third kappa shape index (κ3) is 2.68. The Labute approximate surface area is 107 Å². The third-order valence-corrected chi connectivity index (χ3v) is 2.87. The standard InChI is InChI=1S/C12H17N5O/c1-3-10-15-11(14-2)6-12(16-10)17-4-5-18-9(7-13)8-17/h6,9H,3-5,8H2,1-2H3,(H,14,15,16). The molecule has 96 valence electrons. The van der Waals surface area contributed by atoms with Gasteiger partial charge in [0, 0.05) is 26.1 Å². The van der Waals surface area contributed by atoms with Gasteiger partial charge in [0.1, 0.15) is 17.5 Å². The van der Waals surface area contributed by atoms with Gasteiger partial charge >= 0.3 is 0 Å². The molecule has 1 fully saturated rings. The summed E-state index contributed by atoms with van der Waals surface area (Å²) in [6, 6.07) is 4.04. The first-order valence-corrected chi connectivity index (χ1v) is 6.08. The molecule has 6 heteroatoms. The Balaban J connectivity index is 2.24. The van der Waals surface area contributed by atoms with E-state index in [2.05, 4.69) is 26.3 Å². The van der Waals surface area contributed by atoms with Crippen LogP contribution in [0.3, 0.4) is 0 Å². The Hall–Kier alpha value is -1.87. The Morgan fingerprint density at radius 1 is 1.61 bits per heavy atom. The highest BCUT2D eigenvalue weighted by Gasteiger charge is 2.21. The van der Waals surface area contributed by atoms with Gasteiger partial charge in [-0.3, -0.25) is 0 Å². The lowest BCUT2D eigenvalue weighted by atomic mass is 10.3. The maximum absolute atomic E-state index is 8.91. The maximum Gasteiger partial charge on any atom is 0.161 e. The minimum atomic E-state index is -0.378. The fraction of sp³-hybridized carbons (Fsp3) is 0.583. The molecule has 0 amide bonds. The van der Waals surface area contributed by atoms with E-state index in [1.165, 1.54) is 0 Å². The first-order valence-electron chi connectivity index (χ1n) is 6.08. The molecule has 1 aliphatic rings. The molecular weight excluding hydrogens is 230 g/mol. The SMILES string of the molecule is CCc1nc(NC)cc(N2CCOC(C#N)C2)n1. The Bertz CT molecular complexity index is 434. The molecule has 0 spiro atoms. The molecule has 0 bridgehead atoms. The summed E-state index contributed by atoms with van der Waals surface area (Å²) in [5.41, 5.74) is 0. The van der Waals surface area contributed by atoms with Crippen molar-refractivity contribution in [3.63, 3.8) is 0 Å². The summed E-state index contributed by atoms with van der Waals surface area (Å²) in [6.07, 6.45) is 0.408. The van der Waals surface area contributed by atoms with Crippen LogP contribution in [0.15, 0.2) is 6.07 Å². The Kier molecular flexibility index (Phi) is 3.95. The van der Waals surface area contributed by atoms with Crippen LogP contribution in [0.2, 0.25) is 0 Å². The summed E-state index contributed by atoms with van der Waals surface area (Å²) in [5, 5.41) is 11.9. The average molecular weight is 247 g/mol. The van der Waals surface area contributed by atoms with Crippen LogP contribution in [-0.2, 0) is 11.2 Å². The van der Waals surface area contributed by atoms with Crippen LogP contribution in [0.5, 0.6) is 0 Å². The largest absolute Gasteiger partial charge is 0.373 e. The number of nitrogens with zero attached hydrogens (tertiary/aromatic N) is 4. The molecule has 0 aromatic carbocycles. The van der Waals surface area contributed by atoms with E-state index in [0.717, 1.165) is 30.4 Å². The number of anilines is 2. The van der Waals surface area contributed by atoms with Gasteiger partial charge in [0.05, 0.1) is 19.2 Å². The van der Waals surface area contributed by atoms with Crippen molar-refractivity contribution < 1.29 is 4.74 Å². The first-order chi connectivity index (χ1) is 8.76. The van der Waals surface area contributed by atoms with Crippen LogP contribution < -0.4 is 10.2 Å². The number of rotatable bonds is 3. The molecule has 6 nitrogen and oxygen atoms in total. The Morgan fingerprint density at radius 3 is 3.11 bits per heavy atom. The summed E-state index contributed by atoms with van der Waals surface area (Å²) in [5.74, 6) is 2.46. The van der Waals surface area contributed by atoms with E-state index in [9.17, 15) is 0 Å². The number of morpholine rings is 1. The maximum atomic E-state index is 8.91. The van der Waals surface area contributed by atoms with Crippen LogP contribution in [0.4, 0.5) is 11.6 Å². The first kappa shape index (κ1) is 12.6. The van der Waals surface area contributed by atoms with E-state index in [1.807, 2.05) is 20.0 Å². The van der Waals surface area contributed by atoms with Crippen LogP contribution >= 0.6 is 0 Å². The molecule has 1 N–H and O–H groups in total. The normalized spacial score (nSPS) is 19.4. The summed E-state index contributed by atoms with van der Waals surface area (Å²) in [4.78, 5) is 10.9. The number of hydrogen-bond acceptors (Lipinski definition) is 6. The molecule has 1 unspecified atom stereocenters. The second-order valence-electron chi connectivity index (χ2n) is 4.07. The predicted molar refractivity (Wildman–Crippen MR) is 68.5 cm³/mol. The zero-order valence-electron chi connectivity index (χ0n) is 10.7. The van der Waals surface area contributed by atoms with Crippen LogP contribution in [-0.4, -0.2) is 42.8 Å². The third-order valence-electron chi connectivity index (χ3n) is 2.87. The number of hydrogen-bond donors (Lipinski definition) is 1. The quantitative estimate of drug-likeness (QED) is 0.852. The monoisotopic (exact) mass is 247 g/mol. The van der Waals surface area contributed by atoms with E-state index in [-0.39, 0.29) is 6.10 Å². The molecule has 0 radical (unpaired) electrons. The van der Waals surface area contributed by atoms with Gasteiger partial charge in [-0.1, -0.05) is 6.92 Å². The number of nitrogens with one attached hydrogen (secondary N) is 1. The van der Waals surface area contributed by atoms with E-state index < -0.39 is 0 Å². The van der Waals surface area contributed by atoms with Gasteiger partial charge in [-0.2, -0.15) is 5.26 Å². The van der Waals surface area contributed by atoms with E-state index in [0.29, 0.717) is 13.2 Å². The minimum Gasteiger partial charge on any atom is -0.373 e. The minimum absolute atomic E-state index is 0.378. The van der Waals surface area contributed by atoms with Crippen LogP contribution in [0.25, 0.3) is 0 Å². The number of ether oxygens (including phenoxy) is 1. The molecule has 1 aromatic heterocycles. The molecule has 1 aliphatic heterocycles. The van der Waals surface area contributed by atoms with Crippen LogP contribution in [0.1, 0.15) is 12.7 Å². The van der Waals surface area contributed by atoms with Gasteiger partial charge < -0.3 is 15.0 Å². The molecule has 2 rings (SSSR count). The lowest BCUT2D eigenvalue weighted by Gasteiger charge is -2.30. The number of aryl methyl sites for hydroxylation is 1. The van der Waals surface area contributed by atoms with Gasteiger partial charge in [-0.15, -0.1) is 0 Å². The highest BCUT2D eigenvalue weighted by atomic mass is 16.5. The second kappa shape index (κ2) is 5.65. The van der Waals surface area contributed by atoms with Crippen molar-refractivity contribution in [2.45, 2.75) is 19.4 Å². The lowest BCUT2D eigenvalue weighted by Crippen LogP contribution is -2.42. The van der Waals surface area contributed by atoms with Crippen molar-refractivity contribution in [1.82, 2.24) is 9.97 Å². The second-order valence-corrected chi connectivity index (χ2v) is 4.07. The topological polar surface area (TPSA) is 74.1 Å². The fourth-order valence-corrected chi connectivity index (χ4v) is 1.87. The number of aromatic nitrogens is 2. The Morgan fingerprint density at radius 2 is 2.44 bits per heavy atom. The molecular formula is C12H17N5O. The molecule has 1 aromatic rings. The molecule has 1 atom stereocenters. The van der Waals surface area contributed by atoms with Crippen molar-refractivity contribution in [2.24, 2.45) is 0 Å². The summed E-state index contributed by atoms with van der Waals surface area (Å²) in [6.45, 7) is 3.88. The van der Waals surface area contributed by atoms with Crippen molar-refractivity contribution >= 4 is 11.6 Å². The fourth-order valence-electron chi connectivity index (χ4n) is 1.87. The summed E-state index contributed by atoms with van der Waals surface area (Å²) < 4.78 is 5.33. The van der Waals surface area contributed by atoms with Gasteiger partial charge in [0.25, 0.3) is 0 Å². The smallest absolute Gasteiger partial charge is 0.161 e. The molecule has 1 saturated heterocycles. The van der Waals surface area contributed by atoms with Gasteiger partial charge in [0.15, 0.2) is 6.10 Å². The van der Waals surface area contributed by atoms with Crippen molar-refractivity contribution in [1.29, 1.82) is 5.26 Å². The summed E-state index contributed by atoms with van der Waals surface area (Å²) in [7, 11) is 1.84. The van der Waals surface area contributed by atoms with E-state index in [1.54, 1.807) is 0 Å². The zero-order chi connectivity index (χ0) is 13.0. The molecule has 0 saturated carbocycles. The van der Waals surface area contributed by atoms with Gasteiger partial charge in [0.2, 0.25) is 0 Å². The highest BCUT2D eigenvalue weighted by molar-refractivity contribution is 5.49. The molecule has 0 aliphatic carbocycles. The number of nitriles is 1. The molecule has 2 heterocycles. The highest BCUT2D eigenvalue weighted by Crippen LogP contribution is 2.18. The van der Waals surface area contributed by atoms with Gasteiger partial charge in [-0.25, -0.2) is 9.97 Å².